The van der Waals surface area contributed by atoms with Crippen molar-refractivity contribution in [1.29, 1.82) is 0 Å². The second-order valence-electron chi connectivity index (χ2n) is 7.99. The number of H-pyrrole nitrogens is 1. The maximum Gasteiger partial charge on any atom is 0.340 e. The van der Waals surface area contributed by atoms with Gasteiger partial charge in [-0.25, -0.2) is 4.79 Å². The normalized spacial score (nSPS) is 16.7. The van der Waals surface area contributed by atoms with Crippen molar-refractivity contribution in [2.45, 2.75) is 64.1 Å². The standard InChI is InChI=1S/C21H29N5O3S/c1-4-29-19(28)18-14(3)22-13(2)17(18)16(27)12-30-21-24-23-20(26(21)15-8-9-15)25-10-6-5-7-11-25/h15,22H,4-12H2,1-3H3. The number of hydrogen-bond donors (Lipinski definition) is 1. The van der Waals surface area contributed by atoms with E-state index in [1.165, 1.54) is 31.0 Å². The molecule has 30 heavy (non-hydrogen) atoms. The van der Waals surface area contributed by atoms with Gasteiger partial charge in [-0.1, -0.05) is 11.8 Å². The fourth-order valence-corrected chi connectivity index (χ4v) is 4.99. The predicted molar refractivity (Wildman–Crippen MR) is 116 cm³/mol. The average molecular weight is 432 g/mol. The summed E-state index contributed by atoms with van der Waals surface area (Å²) in [5, 5.41) is 9.67. The van der Waals surface area contributed by atoms with Gasteiger partial charge in [-0.15, -0.1) is 10.2 Å². The number of nitrogens with zero attached hydrogens (tertiary/aromatic N) is 4. The molecule has 2 aromatic heterocycles. The number of aryl methyl sites for hydroxylation is 2. The summed E-state index contributed by atoms with van der Waals surface area (Å²) in [7, 11) is 0. The second kappa shape index (κ2) is 8.83. The Hall–Kier alpha value is -2.29. The van der Waals surface area contributed by atoms with E-state index in [9.17, 15) is 9.59 Å². The quantitative estimate of drug-likeness (QED) is 0.387. The smallest absolute Gasteiger partial charge is 0.340 e. The minimum atomic E-state index is -0.457. The minimum Gasteiger partial charge on any atom is -0.462 e. The number of anilines is 1. The Morgan fingerprint density at radius 3 is 2.47 bits per heavy atom. The van der Waals surface area contributed by atoms with Gasteiger partial charge in [0.2, 0.25) is 5.95 Å². The van der Waals surface area contributed by atoms with Gasteiger partial charge >= 0.3 is 5.97 Å². The van der Waals surface area contributed by atoms with E-state index in [1.807, 2.05) is 6.92 Å². The van der Waals surface area contributed by atoms with Gasteiger partial charge in [-0.05, 0) is 52.9 Å². The molecule has 3 heterocycles. The van der Waals surface area contributed by atoms with Gasteiger partial charge in [-0.2, -0.15) is 0 Å². The first kappa shape index (κ1) is 21.0. The summed E-state index contributed by atoms with van der Waals surface area (Å²) in [6.07, 6.45) is 5.89. The highest BCUT2D eigenvalue weighted by Crippen LogP contribution is 2.41. The number of thioether (sulfide) groups is 1. The van der Waals surface area contributed by atoms with Gasteiger partial charge in [0.1, 0.15) is 0 Å². The minimum absolute atomic E-state index is 0.102. The van der Waals surface area contributed by atoms with E-state index in [0.717, 1.165) is 37.0 Å². The van der Waals surface area contributed by atoms with Crippen LogP contribution in [-0.2, 0) is 4.74 Å². The zero-order chi connectivity index (χ0) is 21.3. The average Bonchev–Trinajstić information content (AvgIpc) is 3.41. The first-order valence-electron chi connectivity index (χ1n) is 10.7. The first-order valence-corrected chi connectivity index (χ1v) is 11.7. The zero-order valence-corrected chi connectivity index (χ0v) is 18.7. The van der Waals surface area contributed by atoms with E-state index >= 15 is 0 Å². The molecule has 0 radical (unpaired) electrons. The fourth-order valence-electron chi connectivity index (χ4n) is 4.12. The first-order chi connectivity index (χ1) is 14.5. The highest BCUT2D eigenvalue weighted by Gasteiger charge is 2.33. The van der Waals surface area contributed by atoms with Crippen LogP contribution < -0.4 is 4.90 Å². The highest BCUT2D eigenvalue weighted by molar-refractivity contribution is 7.99. The number of aromatic nitrogens is 4. The Bertz CT molecular complexity index is 941. The summed E-state index contributed by atoms with van der Waals surface area (Å²) < 4.78 is 7.37. The lowest BCUT2D eigenvalue weighted by molar-refractivity contribution is 0.0522. The van der Waals surface area contributed by atoms with Crippen LogP contribution in [0.3, 0.4) is 0 Å². The Morgan fingerprint density at radius 1 is 1.10 bits per heavy atom. The number of carbonyl (C=O) groups excluding carboxylic acids is 2. The molecular weight excluding hydrogens is 402 g/mol. The SMILES string of the molecule is CCOC(=O)c1c(C)[nH]c(C)c1C(=O)CSc1nnc(N2CCCCC2)n1C1CC1. The highest BCUT2D eigenvalue weighted by atomic mass is 32.2. The van der Waals surface area contributed by atoms with Crippen LogP contribution in [0.25, 0.3) is 0 Å². The lowest BCUT2D eigenvalue weighted by atomic mass is 10.1. The van der Waals surface area contributed by atoms with Gasteiger partial charge in [0.15, 0.2) is 10.9 Å². The van der Waals surface area contributed by atoms with Crippen molar-refractivity contribution < 1.29 is 14.3 Å². The molecule has 1 saturated heterocycles. The molecule has 0 unspecified atom stereocenters. The number of hydrogen-bond acceptors (Lipinski definition) is 7. The maximum atomic E-state index is 13.1. The Morgan fingerprint density at radius 2 is 1.80 bits per heavy atom. The van der Waals surface area contributed by atoms with Crippen molar-refractivity contribution in [3.05, 3.63) is 22.5 Å². The summed E-state index contributed by atoms with van der Waals surface area (Å²) in [4.78, 5) is 30.9. The summed E-state index contributed by atoms with van der Waals surface area (Å²) >= 11 is 1.40. The molecule has 4 rings (SSSR count). The van der Waals surface area contributed by atoms with Crippen LogP contribution in [0, 0.1) is 13.8 Å². The number of piperidine rings is 1. The van der Waals surface area contributed by atoms with E-state index in [2.05, 4.69) is 24.6 Å². The molecule has 162 valence electrons. The molecule has 0 spiro atoms. The van der Waals surface area contributed by atoms with Crippen molar-refractivity contribution >= 4 is 29.5 Å². The number of esters is 1. The van der Waals surface area contributed by atoms with Crippen LogP contribution in [0.5, 0.6) is 0 Å². The van der Waals surface area contributed by atoms with Crippen LogP contribution >= 0.6 is 11.8 Å². The maximum absolute atomic E-state index is 13.1. The third-order valence-corrected chi connectivity index (χ3v) is 6.61. The van der Waals surface area contributed by atoms with Gasteiger partial charge in [0.25, 0.3) is 0 Å². The van der Waals surface area contributed by atoms with Gasteiger partial charge in [-0.3, -0.25) is 9.36 Å². The van der Waals surface area contributed by atoms with Crippen LogP contribution in [0.15, 0.2) is 5.16 Å². The molecule has 8 nitrogen and oxygen atoms in total. The number of carbonyl (C=O) groups is 2. The van der Waals surface area contributed by atoms with E-state index in [-0.39, 0.29) is 18.1 Å². The predicted octanol–water partition coefficient (Wildman–Crippen LogP) is 3.70. The van der Waals surface area contributed by atoms with Gasteiger partial charge < -0.3 is 14.6 Å². The number of Topliss-reactive ketones (excluding diaryl/α,β-unsaturated/α-hetero) is 1. The van der Waals surface area contributed by atoms with Crippen LogP contribution in [-0.4, -0.2) is 57.0 Å². The largest absolute Gasteiger partial charge is 0.462 e. The molecule has 0 atom stereocenters. The molecule has 0 amide bonds. The third-order valence-electron chi connectivity index (χ3n) is 5.66. The number of nitrogens with one attached hydrogen (secondary N) is 1. The molecule has 1 saturated carbocycles. The number of ketones is 1. The molecule has 1 aliphatic carbocycles. The van der Waals surface area contributed by atoms with Crippen LogP contribution in [0.2, 0.25) is 0 Å². The third kappa shape index (κ3) is 4.12. The lowest BCUT2D eigenvalue weighted by Crippen LogP contribution is -2.31. The fraction of sp³-hybridized carbons (Fsp3) is 0.619. The summed E-state index contributed by atoms with van der Waals surface area (Å²) in [5.41, 5.74) is 2.12. The molecule has 9 heteroatoms. The topological polar surface area (TPSA) is 93.1 Å². The molecule has 0 aromatic carbocycles. The van der Waals surface area contributed by atoms with Crippen molar-refractivity contribution in [3.8, 4) is 0 Å². The van der Waals surface area contributed by atoms with Crippen molar-refractivity contribution in [2.24, 2.45) is 0 Å². The number of ether oxygens (including phenoxy) is 1. The zero-order valence-electron chi connectivity index (χ0n) is 17.9. The van der Waals surface area contributed by atoms with Gasteiger partial charge in [0.05, 0.1) is 23.5 Å². The van der Waals surface area contributed by atoms with Crippen molar-refractivity contribution in [2.75, 3.05) is 30.3 Å². The molecule has 2 aromatic rings. The van der Waals surface area contributed by atoms with Crippen LogP contribution in [0.1, 0.15) is 77.2 Å². The Labute approximate surface area is 180 Å². The molecule has 2 aliphatic rings. The molecular formula is C21H29N5O3S. The van der Waals surface area contributed by atoms with Crippen molar-refractivity contribution in [3.63, 3.8) is 0 Å². The summed E-state index contributed by atoms with van der Waals surface area (Å²) in [5.74, 6) is 0.582. The molecule has 1 N–H and O–H groups in total. The van der Waals surface area contributed by atoms with E-state index in [4.69, 9.17) is 4.74 Å². The van der Waals surface area contributed by atoms with E-state index in [1.54, 1.807) is 13.8 Å². The monoisotopic (exact) mass is 431 g/mol. The Kier molecular flexibility index (Phi) is 6.17. The molecule has 0 bridgehead atoms. The van der Waals surface area contributed by atoms with Crippen molar-refractivity contribution in [1.82, 2.24) is 19.7 Å². The van der Waals surface area contributed by atoms with Crippen LogP contribution in [0.4, 0.5) is 5.95 Å². The number of rotatable bonds is 8. The van der Waals surface area contributed by atoms with E-state index < -0.39 is 5.97 Å². The van der Waals surface area contributed by atoms with Gasteiger partial charge in [0, 0.05) is 30.5 Å². The second-order valence-corrected chi connectivity index (χ2v) is 8.93. The molecule has 1 aliphatic heterocycles. The summed E-state index contributed by atoms with van der Waals surface area (Å²) in [6.45, 7) is 7.66. The van der Waals surface area contributed by atoms with E-state index in [0.29, 0.717) is 28.6 Å². The summed E-state index contributed by atoms with van der Waals surface area (Å²) in [6, 6.07) is 0.431. The number of aromatic amines is 1. The molecule has 2 fully saturated rings. The Balaban J connectivity index is 1.53. The lowest BCUT2D eigenvalue weighted by Gasteiger charge is -2.27.